The van der Waals surface area contributed by atoms with Crippen molar-refractivity contribution in [1.82, 2.24) is 15.2 Å². The fourth-order valence-electron chi connectivity index (χ4n) is 3.04. The lowest BCUT2D eigenvalue weighted by atomic mass is 9.87. The van der Waals surface area contributed by atoms with E-state index in [2.05, 4.69) is 19.9 Å². The molecule has 2 heterocycles. The topological polar surface area (TPSA) is 103 Å². The minimum Gasteiger partial charge on any atom is -0.478 e. The first-order valence-electron chi connectivity index (χ1n) is 9.03. The van der Waals surface area contributed by atoms with Crippen LogP contribution in [0.15, 0.2) is 24.3 Å². The van der Waals surface area contributed by atoms with E-state index in [-0.39, 0.29) is 30.3 Å². The van der Waals surface area contributed by atoms with Gasteiger partial charge in [0.05, 0.1) is 25.7 Å². The van der Waals surface area contributed by atoms with E-state index < -0.39 is 15.9 Å². The van der Waals surface area contributed by atoms with Crippen LogP contribution in [0.1, 0.15) is 25.7 Å². The van der Waals surface area contributed by atoms with Gasteiger partial charge in [0.2, 0.25) is 21.8 Å². The third kappa shape index (κ3) is 5.96. The summed E-state index contributed by atoms with van der Waals surface area (Å²) in [5.41, 5.74) is 0.875. The van der Waals surface area contributed by atoms with Crippen LogP contribution in [0.2, 0.25) is 0 Å². The summed E-state index contributed by atoms with van der Waals surface area (Å²) in [5, 5.41) is 7.88. The molecule has 29 heavy (non-hydrogen) atoms. The first-order chi connectivity index (χ1) is 13.6. The van der Waals surface area contributed by atoms with E-state index in [1.807, 2.05) is 0 Å². The first-order valence-corrected chi connectivity index (χ1v) is 10.9. The lowest BCUT2D eigenvalue weighted by Gasteiger charge is -2.27. The van der Waals surface area contributed by atoms with Crippen molar-refractivity contribution in [2.45, 2.75) is 31.6 Å². The van der Waals surface area contributed by atoms with E-state index in [0.717, 1.165) is 6.26 Å². The predicted octanol–water partition coefficient (Wildman–Crippen LogP) is 3.12. The summed E-state index contributed by atoms with van der Waals surface area (Å²) in [6.45, 7) is 0.307. The van der Waals surface area contributed by atoms with Gasteiger partial charge in [-0.15, -0.1) is 10.2 Å². The zero-order chi connectivity index (χ0) is 21.1. The minimum absolute atomic E-state index is 0.0284. The Bertz CT molecular complexity index is 962. The average Bonchev–Trinajstić information content (AvgIpc) is 2.66. The monoisotopic (exact) mass is 428 g/mol. The van der Waals surface area contributed by atoms with Crippen LogP contribution in [0.4, 0.5) is 14.5 Å². The summed E-state index contributed by atoms with van der Waals surface area (Å²) in [4.78, 5) is 4.36. The largest absolute Gasteiger partial charge is 0.478 e. The molecule has 1 aliphatic carbocycles. The van der Waals surface area contributed by atoms with Crippen molar-refractivity contribution in [2.24, 2.45) is 5.92 Å². The maximum atomic E-state index is 13.3. The van der Waals surface area contributed by atoms with Gasteiger partial charge >= 0.3 is 0 Å². The second-order valence-electron chi connectivity index (χ2n) is 7.00. The van der Waals surface area contributed by atoms with E-state index in [4.69, 9.17) is 9.47 Å². The molecule has 0 unspecified atom stereocenters. The lowest BCUT2D eigenvalue weighted by molar-refractivity contribution is -0.0499. The number of halogens is 2. The molecule has 8 nitrogen and oxygen atoms in total. The maximum Gasteiger partial charge on any atom is 0.257 e. The smallest absolute Gasteiger partial charge is 0.257 e. The number of rotatable bonds is 7. The quantitative estimate of drug-likeness (QED) is 0.723. The molecule has 1 fully saturated rings. The lowest BCUT2D eigenvalue weighted by Crippen LogP contribution is -2.27. The fourth-order valence-corrected chi connectivity index (χ4v) is 3.58. The molecule has 0 bridgehead atoms. The number of sulfonamides is 1. The molecule has 11 heteroatoms. The van der Waals surface area contributed by atoms with Crippen molar-refractivity contribution in [3.8, 4) is 23.1 Å². The standard InChI is InChI=1S/C18H22F2N4O4S/c1-27-17-15(24-29(2,25)26)10-14(22-23-17)13-4-3-5-16(21-13)28-11-12-6-8-18(19,20)9-7-12/h3-5,10,12H,6-9,11H2,1-2H3,(H,22,24). The zero-order valence-corrected chi connectivity index (χ0v) is 16.9. The van der Waals surface area contributed by atoms with Crippen LogP contribution < -0.4 is 14.2 Å². The van der Waals surface area contributed by atoms with Gasteiger partial charge in [0.25, 0.3) is 5.88 Å². The summed E-state index contributed by atoms with van der Waals surface area (Å²) in [6.07, 6.45) is 1.60. The average molecular weight is 428 g/mol. The van der Waals surface area contributed by atoms with Crippen LogP contribution in [-0.2, 0) is 10.0 Å². The first kappa shape index (κ1) is 21.2. The van der Waals surface area contributed by atoms with Crippen LogP contribution in [0.25, 0.3) is 11.4 Å². The summed E-state index contributed by atoms with van der Waals surface area (Å²) < 4.78 is 62.6. The molecule has 158 valence electrons. The highest BCUT2D eigenvalue weighted by atomic mass is 32.2. The van der Waals surface area contributed by atoms with Crippen LogP contribution in [0.5, 0.6) is 11.8 Å². The number of methoxy groups -OCH3 is 1. The van der Waals surface area contributed by atoms with Crippen molar-refractivity contribution < 1.29 is 26.7 Å². The molecule has 0 amide bonds. The molecule has 0 atom stereocenters. The Morgan fingerprint density at radius 1 is 1.21 bits per heavy atom. The predicted molar refractivity (Wildman–Crippen MR) is 103 cm³/mol. The highest BCUT2D eigenvalue weighted by Gasteiger charge is 2.35. The molecule has 2 aromatic heterocycles. The van der Waals surface area contributed by atoms with Gasteiger partial charge in [-0.2, -0.15) is 0 Å². The number of nitrogens with zero attached hydrogens (tertiary/aromatic N) is 3. The molecule has 0 aromatic carbocycles. The number of nitrogens with one attached hydrogen (secondary N) is 1. The maximum absolute atomic E-state index is 13.3. The third-order valence-electron chi connectivity index (χ3n) is 4.54. The molecule has 0 aliphatic heterocycles. The summed E-state index contributed by atoms with van der Waals surface area (Å²) in [5.74, 6) is -2.15. The molecule has 1 N–H and O–H groups in total. The molecule has 1 saturated carbocycles. The van der Waals surface area contributed by atoms with Gasteiger partial charge in [0, 0.05) is 18.9 Å². The highest BCUT2D eigenvalue weighted by molar-refractivity contribution is 7.92. The van der Waals surface area contributed by atoms with Gasteiger partial charge in [0.15, 0.2) is 0 Å². The van der Waals surface area contributed by atoms with Crippen LogP contribution in [0, 0.1) is 5.92 Å². The van der Waals surface area contributed by atoms with Crippen molar-refractivity contribution in [3.05, 3.63) is 24.3 Å². The summed E-state index contributed by atoms with van der Waals surface area (Å²) in [6, 6.07) is 6.51. The van der Waals surface area contributed by atoms with Crippen molar-refractivity contribution in [3.63, 3.8) is 0 Å². The number of ether oxygens (including phenoxy) is 2. The minimum atomic E-state index is -3.54. The Labute approximate surface area is 167 Å². The second kappa shape index (κ2) is 8.44. The Morgan fingerprint density at radius 3 is 2.59 bits per heavy atom. The fraction of sp³-hybridized carbons (Fsp3) is 0.500. The van der Waals surface area contributed by atoms with Crippen LogP contribution in [0.3, 0.4) is 0 Å². The van der Waals surface area contributed by atoms with Gasteiger partial charge in [0.1, 0.15) is 11.4 Å². The number of hydrogen-bond donors (Lipinski definition) is 1. The number of hydrogen-bond acceptors (Lipinski definition) is 7. The van der Waals surface area contributed by atoms with E-state index in [1.54, 1.807) is 18.2 Å². The summed E-state index contributed by atoms with van der Waals surface area (Å²) in [7, 11) is -2.19. The zero-order valence-electron chi connectivity index (χ0n) is 16.1. The van der Waals surface area contributed by atoms with Gasteiger partial charge in [-0.05, 0) is 30.9 Å². The van der Waals surface area contributed by atoms with Gasteiger partial charge < -0.3 is 9.47 Å². The number of pyridine rings is 1. The second-order valence-corrected chi connectivity index (χ2v) is 8.75. The van der Waals surface area contributed by atoms with Gasteiger partial charge in [-0.25, -0.2) is 22.2 Å². The van der Waals surface area contributed by atoms with Crippen molar-refractivity contribution in [1.29, 1.82) is 0 Å². The number of alkyl halides is 2. The molecule has 1 aliphatic rings. The number of aromatic nitrogens is 3. The molecule has 0 radical (unpaired) electrons. The van der Waals surface area contributed by atoms with Gasteiger partial charge in [-0.1, -0.05) is 6.07 Å². The Morgan fingerprint density at radius 2 is 1.93 bits per heavy atom. The molecule has 0 spiro atoms. The van der Waals surface area contributed by atoms with E-state index >= 15 is 0 Å². The molecule has 0 saturated heterocycles. The summed E-state index contributed by atoms with van der Waals surface area (Å²) >= 11 is 0. The van der Waals surface area contributed by atoms with Crippen LogP contribution in [-0.4, -0.2) is 49.5 Å². The highest BCUT2D eigenvalue weighted by Crippen LogP contribution is 2.36. The molecular formula is C18H22F2N4O4S. The van der Waals surface area contributed by atoms with Gasteiger partial charge in [-0.3, -0.25) is 4.72 Å². The molecular weight excluding hydrogens is 406 g/mol. The Balaban J connectivity index is 1.73. The number of anilines is 1. The van der Waals surface area contributed by atoms with Crippen LogP contribution >= 0.6 is 0 Å². The van der Waals surface area contributed by atoms with Crippen molar-refractivity contribution >= 4 is 15.7 Å². The molecule has 3 rings (SSSR count). The Kier molecular flexibility index (Phi) is 6.15. The van der Waals surface area contributed by atoms with E-state index in [0.29, 0.717) is 36.7 Å². The molecule has 2 aromatic rings. The normalized spacial score (nSPS) is 17.0. The Hall–Kier alpha value is -2.56. The third-order valence-corrected chi connectivity index (χ3v) is 5.13. The van der Waals surface area contributed by atoms with Crippen molar-refractivity contribution in [2.75, 3.05) is 24.7 Å². The van der Waals surface area contributed by atoms with E-state index in [1.165, 1.54) is 13.2 Å². The van der Waals surface area contributed by atoms with E-state index in [9.17, 15) is 17.2 Å². The SMILES string of the molecule is COc1nnc(-c2cccc(OCC3CCC(F)(F)CC3)n2)cc1NS(C)(=O)=O.